The molecule has 0 bridgehead atoms. The Kier molecular flexibility index (Phi) is 9.29. The number of aromatic nitrogens is 3. The van der Waals surface area contributed by atoms with Crippen LogP contribution in [0.4, 0.5) is 5.82 Å². The van der Waals surface area contributed by atoms with E-state index in [0.29, 0.717) is 32.1 Å². The normalized spacial score (nSPS) is 14.1. The van der Waals surface area contributed by atoms with Crippen LogP contribution in [0.2, 0.25) is 0 Å². The third kappa shape index (κ3) is 6.86. The van der Waals surface area contributed by atoms with Crippen LogP contribution in [-0.2, 0) is 24.2 Å². The molecule has 0 aliphatic carbocycles. The summed E-state index contributed by atoms with van der Waals surface area (Å²) in [6.45, 7) is 18.9. The molecule has 0 spiro atoms. The highest BCUT2D eigenvalue weighted by atomic mass is 16.5. The molecule has 5 rings (SSSR count). The van der Waals surface area contributed by atoms with E-state index in [0.717, 1.165) is 53.4 Å². The quantitative estimate of drug-likeness (QED) is 0.191. The SMILES string of the molecule is C=Cc1ccc(CN(Cc2ccc(C)cc2)C(=C)/N=C\C(=C/C)c2cn3nc(CC)cc3c(N3CCOCC3)n2)cc1. The molecule has 1 saturated heterocycles. The lowest BCUT2D eigenvalue weighted by Gasteiger charge is -2.28. The topological polar surface area (TPSA) is 58.3 Å². The fraction of sp³-hybridized carbons (Fsp3) is 0.286. The van der Waals surface area contributed by atoms with Gasteiger partial charge in [0, 0.05) is 38.0 Å². The first kappa shape index (κ1) is 29.0. The Hall–Kier alpha value is -4.49. The number of rotatable bonds is 11. The molecule has 7 nitrogen and oxygen atoms in total. The van der Waals surface area contributed by atoms with Crippen molar-refractivity contribution in [2.24, 2.45) is 4.99 Å². The number of aliphatic imine (C=N–C) groups is 1. The molecule has 1 aliphatic heterocycles. The molecule has 0 amide bonds. The summed E-state index contributed by atoms with van der Waals surface area (Å²) >= 11 is 0. The molecular formula is C35H40N6O. The standard InChI is InChI=1S/C35H40N6O/c1-6-28-13-15-30(16-14-28)24-40(23-29-11-9-26(4)10-12-29)27(5)36-22-31(7-2)33-25-41-34(21-32(8-3)38-41)35(37-33)39-17-19-42-20-18-39/h6-7,9-16,21-22,25H,1,5,8,17-20,23-24H2,2-4H3/b31-7+,36-22-. The highest BCUT2D eigenvalue weighted by molar-refractivity contribution is 6.09. The number of nitrogens with zero attached hydrogens (tertiary/aromatic N) is 6. The molecule has 2 aromatic carbocycles. The van der Waals surface area contributed by atoms with Crippen molar-refractivity contribution in [1.29, 1.82) is 0 Å². The van der Waals surface area contributed by atoms with Crippen molar-refractivity contribution in [3.63, 3.8) is 0 Å². The van der Waals surface area contributed by atoms with Crippen molar-refractivity contribution in [2.45, 2.75) is 40.3 Å². The van der Waals surface area contributed by atoms with Crippen LogP contribution in [0.3, 0.4) is 0 Å². The maximum absolute atomic E-state index is 5.61. The van der Waals surface area contributed by atoms with Crippen LogP contribution in [0, 0.1) is 6.92 Å². The summed E-state index contributed by atoms with van der Waals surface area (Å²) in [4.78, 5) is 14.5. The summed E-state index contributed by atoms with van der Waals surface area (Å²) in [5.41, 5.74) is 8.51. The Morgan fingerprint density at radius 1 is 1.05 bits per heavy atom. The molecule has 3 heterocycles. The van der Waals surface area contributed by atoms with E-state index in [2.05, 4.69) is 91.4 Å². The number of morpholine rings is 1. The van der Waals surface area contributed by atoms with E-state index in [1.807, 2.05) is 36.0 Å². The molecule has 1 aliphatic rings. The average molecular weight is 561 g/mol. The predicted octanol–water partition coefficient (Wildman–Crippen LogP) is 6.73. The molecule has 7 heteroatoms. The number of allylic oxidation sites excluding steroid dienone is 2. The highest BCUT2D eigenvalue weighted by Gasteiger charge is 2.19. The van der Waals surface area contributed by atoms with Gasteiger partial charge in [-0.05, 0) is 43.0 Å². The zero-order valence-corrected chi connectivity index (χ0v) is 25.0. The zero-order valence-electron chi connectivity index (χ0n) is 25.0. The monoisotopic (exact) mass is 560 g/mol. The van der Waals surface area contributed by atoms with Gasteiger partial charge in [0.2, 0.25) is 0 Å². The Labute approximate surface area is 249 Å². The number of anilines is 1. The molecule has 0 radical (unpaired) electrons. The Bertz CT molecular complexity index is 1590. The minimum absolute atomic E-state index is 0.685. The third-order valence-electron chi connectivity index (χ3n) is 7.57. The minimum Gasteiger partial charge on any atom is -0.378 e. The second-order valence-corrected chi connectivity index (χ2v) is 10.6. The second-order valence-electron chi connectivity index (χ2n) is 10.6. The lowest BCUT2D eigenvalue weighted by Crippen LogP contribution is -2.37. The fourth-order valence-corrected chi connectivity index (χ4v) is 4.99. The third-order valence-corrected chi connectivity index (χ3v) is 7.57. The molecule has 0 unspecified atom stereocenters. The summed E-state index contributed by atoms with van der Waals surface area (Å²) in [7, 11) is 0. The fourth-order valence-electron chi connectivity index (χ4n) is 4.99. The van der Waals surface area contributed by atoms with Crippen molar-refractivity contribution >= 4 is 29.2 Å². The van der Waals surface area contributed by atoms with Crippen molar-refractivity contribution in [2.75, 3.05) is 31.2 Å². The molecule has 216 valence electrons. The van der Waals surface area contributed by atoms with E-state index in [1.54, 1.807) is 0 Å². The van der Waals surface area contributed by atoms with Gasteiger partial charge in [-0.15, -0.1) is 0 Å². The summed E-state index contributed by atoms with van der Waals surface area (Å²) in [6, 6.07) is 19.2. The van der Waals surface area contributed by atoms with Gasteiger partial charge in [-0.2, -0.15) is 5.10 Å². The van der Waals surface area contributed by atoms with E-state index in [4.69, 9.17) is 19.8 Å². The molecule has 0 N–H and O–H groups in total. The summed E-state index contributed by atoms with van der Waals surface area (Å²) in [5, 5.41) is 4.81. The van der Waals surface area contributed by atoms with Crippen LogP contribution in [0.1, 0.15) is 47.5 Å². The highest BCUT2D eigenvalue weighted by Crippen LogP contribution is 2.25. The zero-order chi connectivity index (χ0) is 29.5. The van der Waals surface area contributed by atoms with Gasteiger partial charge >= 0.3 is 0 Å². The Balaban J connectivity index is 1.43. The average Bonchev–Trinajstić information content (AvgIpc) is 3.46. The van der Waals surface area contributed by atoms with Gasteiger partial charge in [-0.1, -0.05) is 86.3 Å². The second kappa shape index (κ2) is 13.4. The molecule has 1 fully saturated rings. The first-order chi connectivity index (χ1) is 20.5. The van der Waals surface area contributed by atoms with Gasteiger partial charge in [0.05, 0.1) is 30.8 Å². The number of ether oxygens (including phenoxy) is 1. The van der Waals surface area contributed by atoms with Gasteiger partial charge in [0.25, 0.3) is 0 Å². The van der Waals surface area contributed by atoms with Gasteiger partial charge in [0.1, 0.15) is 11.3 Å². The van der Waals surface area contributed by atoms with E-state index in [9.17, 15) is 0 Å². The molecule has 2 aromatic heterocycles. The molecule has 4 aromatic rings. The number of fused-ring (bicyclic) bond motifs is 1. The first-order valence-electron chi connectivity index (χ1n) is 14.6. The van der Waals surface area contributed by atoms with Gasteiger partial charge in [-0.3, -0.25) is 0 Å². The largest absolute Gasteiger partial charge is 0.378 e. The smallest absolute Gasteiger partial charge is 0.155 e. The van der Waals surface area contributed by atoms with Crippen LogP contribution < -0.4 is 4.90 Å². The van der Waals surface area contributed by atoms with Crippen LogP contribution in [0.5, 0.6) is 0 Å². The van der Waals surface area contributed by atoms with Crippen LogP contribution >= 0.6 is 0 Å². The van der Waals surface area contributed by atoms with Crippen LogP contribution in [-0.4, -0.2) is 52.0 Å². The maximum Gasteiger partial charge on any atom is 0.155 e. The van der Waals surface area contributed by atoms with Crippen molar-refractivity contribution in [3.05, 3.63) is 119 Å². The molecular weight excluding hydrogens is 520 g/mol. The van der Waals surface area contributed by atoms with Crippen molar-refractivity contribution in [1.82, 2.24) is 19.5 Å². The lowest BCUT2D eigenvalue weighted by atomic mass is 10.1. The number of hydrogen-bond donors (Lipinski definition) is 0. The van der Waals surface area contributed by atoms with Gasteiger partial charge in [-0.25, -0.2) is 14.5 Å². The van der Waals surface area contributed by atoms with Gasteiger partial charge < -0.3 is 14.5 Å². The Morgan fingerprint density at radius 2 is 1.71 bits per heavy atom. The van der Waals surface area contributed by atoms with E-state index in [1.165, 1.54) is 16.7 Å². The van der Waals surface area contributed by atoms with Crippen LogP contribution in [0.15, 0.2) is 90.8 Å². The summed E-state index contributed by atoms with van der Waals surface area (Å²) in [6.07, 6.45) is 8.62. The van der Waals surface area contributed by atoms with E-state index in [-0.39, 0.29) is 0 Å². The number of benzene rings is 2. The summed E-state index contributed by atoms with van der Waals surface area (Å²) in [5.74, 6) is 1.61. The number of hydrogen-bond acceptors (Lipinski definition) is 6. The molecule has 0 atom stereocenters. The van der Waals surface area contributed by atoms with E-state index >= 15 is 0 Å². The Morgan fingerprint density at radius 3 is 2.33 bits per heavy atom. The van der Waals surface area contributed by atoms with Gasteiger partial charge in [0.15, 0.2) is 5.82 Å². The van der Waals surface area contributed by atoms with E-state index < -0.39 is 0 Å². The van der Waals surface area contributed by atoms with Crippen molar-refractivity contribution < 1.29 is 4.74 Å². The molecule has 42 heavy (non-hydrogen) atoms. The maximum atomic E-state index is 5.61. The minimum atomic E-state index is 0.685. The molecule has 0 saturated carbocycles. The van der Waals surface area contributed by atoms with Crippen molar-refractivity contribution in [3.8, 4) is 0 Å². The first-order valence-corrected chi connectivity index (χ1v) is 14.6. The lowest BCUT2D eigenvalue weighted by molar-refractivity contribution is 0.122. The number of aryl methyl sites for hydroxylation is 2. The summed E-state index contributed by atoms with van der Waals surface area (Å²) < 4.78 is 7.56. The van der Waals surface area contributed by atoms with Crippen LogP contribution in [0.25, 0.3) is 17.2 Å². The predicted molar refractivity (Wildman–Crippen MR) is 174 cm³/mol.